The Morgan fingerprint density at radius 2 is 2.09 bits per heavy atom. The van der Waals surface area contributed by atoms with Crippen LogP contribution in [0.25, 0.3) is 11.0 Å². The molecule has 6 nitrogen and oxygen atoms in total. The minimum atomic E-state index is 0.273. The van der Waals surface area contributed by atoms with Gasteiger partial charge in [-0.05, 0) is 48.8 Å². The maximum absolute atomic E-state index is 4.62. The molecule has 0 unspecified atom stereocenters. The summed E-state index contributed by atoms with van der Waals surface area (Å²) >= 11 is 3.49. The quantitative estimate of drug-likeness (QED) is 0.722. The van der Waals surface area contributed by atoms with Crippen molar-refractivity contribution in [1.29, 1.82) is 0 Å². The molecule has 7 heteroatoms. The number of nitrogens with zero attached hydrogens (tertiary/aromatic N) is 5. The first-order valence-corrected chi connectivity index (χ1v) is 8.02. The Hall–Kier alpha value is -1.89. The van der Waals surface area contributed by atoms with Crippen molar-refractivity contribution in [2.75, 3.05) is 5.32 Å². The van der Waals surface area contributed by atoms with Gasteiger partial charge in [-0.2, -0.15) is 10.2 Å². The van der Waals surface area contributed by atoms with E-state index in [4.69, 9.17) is 0 Å². The first-order chi connectivity index (χ1) is 10.5. The van der Waals surface area contributed by atoms with Crippen LogP contribution >= 0.6 is 15.9 Å². The van der Waals surface area contributed by atoms with Gasteiger partial charge in [0.15, 0.2) is 0 Å². The highest BCUT2D eigenvalue weighted by atomic mass is 79.9. The van der Waals surface area contributed by atoms with Gasteiger partial charge in [-0.15, -0.1) is 0 Å². The number of aryl methyl sites for hydroxylation is 2. The van der Waals surface area contributed by atoms with Gasteiger partial charge in [0, 0.05) is 19.3 Å². The highest BCUT2D eigenvalue weighted by molar-refractivity contribution is 9.10. The third kappa shape index (κ3) is 2.72. The summed E-state index contributed by atoms with van der Waals surface area (Å²) in [5, 5.41) is 12.5. The molecule has 3 aromatic heterocycles. The zero-order chi connectivity index (χ0) is 15.9. The van der Waals surface area contributed by atoms with Crippen LogP contribution in [-0.2, 0) is 13.6 Å². The van der Waals surface area contributed by atoms with Crippen molar-refractivity contribution >= 4 is 32.7 Å². The topological polar surface area (TPSA) is 60.6 Å². The number of fused-ring (bicyclic) bond motifs is 1. The van der Waals surface area contributed by atoms with E-state index in [9.17, 15) is 0 Å². The molecule has 3 rings (SSSR count). The third-order valence-corrected chi connectivity index (χ3v) is 3.92. The minimum absolute atomic E-state index is 0.273. The molecule has 0 atom stereocenters. The van der Waals surface area contributed by atoms with Crippen LogP contribution in [0.2, 0.25) is 0 Å². The van der Waals surface area contributed by atoms with E-state index in [1.807, 2.05) is 37.0 Å². The summed E-state index contributed by atoms with van der Waals surface area (Å²) in [6.07, 6.45) is 1.94. The van der Waals surface area contributed by atoms with Crippen LogP contribution < -0.4 is 5.32 Å². The second kappa shape index (κ2) is 5.72. The van der Waals surface area contributed by atoms with Gasteiger partial charge >= 0.3 is 0 Å². The van der Waals surface area contributed by atoms with E-state index in [1.54, 1.807) is 4.68 Å². The van der Waals surface area contributed by atoms with Gasteiger partial charge in [0.25, 0.3) is 0 Å². The lowest BCUT2D eigenvalue weighted by Gasteiger charge is -2.12. The van der Waals surface area contributed by atoms with Gasteiger partial charge in [0.1, 0.15) is 15.6 Å². The van der Waals surface area contributed by atoms with Crippen molar-refractivity contribution in [3.8, 4) is 0 Å². The molecule has 0 aliphatic heterocycles. The second-order valence-electron chi connectivity index (χ2n) is 5.65. The van der Waals surface area contributed by atoms with E-state index in [-0.39, 0.29) is 6.04 Å². The molecule has 0 amide bonds. The molecule has 0 aromatic carbocycles. The van der Waals surface area contributed by atoms with Crippen molar-refractivity contribution in [2.24, 2.45) is 7.05 Å². The fourth-order valence-electron chi connectivity index (χ4n) is 2.50. The van der Waals surface area contributed by atoms with Gasteiger partial charge in [0.05, 0.1) is 23.6 Å². The number of hydrogen-bond donors (Lipinski definition) is 1. The molecule has 0 aliphatic rings. The van der Waals surface area contributed by atoms with Crippen LogP contribution in [0.3, 0.4) is 0 Å². The normalized spacial score (nSPS) is 11.5. The fourth-order valence-corrected chi connectivity index (χ4v) is 2.91. The van der Waals surface area contributed by atoms with Crippen molar-refractivity contribution in [2.45, 2.75) is 33.4 Å². The number of halogens is 1. The minimum Gasteiger partial charge on any atom is -0.377 e. The number of hydrogen-bond acceptors (Lipinski definition) is 4. The highest BCUT2D eigenvalue weighted by Gasteiger charge is 2.16. The van der Waals surface area contributed by atoms with E-state index in [0.717, 1.165) is 32.7 Å². The third-order valence-electron chi connectivity index (χ3n) is 3.51. The molecular weight excluding hydrogens is 344 g/mol. The molecule has 0 bridgehead atoms. The number of pyridine rings is 1. The van der Waals surface area contributed by atoms with Crippen molar-refractivity contribution < 1.29 is 0 Å². The first kappa shape index (κ1) is 15.0. The van der Waals surface area contributed by atoms with E-state index in [0.29, 0.717) is 6.54 Å². The average Bonchev–Trinajstić information content (AvgIpc) is 3.01. The van der Waals surface area contributed by atoms with E-state index in [1.165, 1.54) is 0 Å². The summed E-state index contributed by atoms with van der Waals surface area (Å²) in [6, 6.07) is 4.27. The maximum atomic E-state index is 4.62. The van der Waals surface area contributed by atoms with Crippen LogP contribution in [0.5, 0.6) is 0 Å². The molecule has 0 aliphatic carbocycles. The number of nitrogens with one attached hydrogen (secondary N) is 1. The molecule has 3 heterocycles. The lowest BCUT2D eigenvalue weighted by Crippen LogP contribution is -2.07. The molecule has 0 fully saturated rings. The van der Waals surface area contributed by atoms with E-state index in [2.05, 4.69) is 50.3 Å². The van der Waals surface area contributed by atoms with Crippen molar-refractivity contribution in [1.82, 2.24) is 24.5 Å². The molecule has 3 aromatic rings. The Bertz CT molecular complexity index is 817. The Kier molecular flexibility index (Phi) is 3.90. The number of aromatic nitrogens is 5. The van der Waals surface area contributed by atoms with Crippen molar-refractivity contribution in [3.05, 3.63) is 34.3 Å². The number of anilines is 1. The predicted molar refractivity (Wildman–Crippen MR) is 90.9 cm³/mol. The van der Waals surface area contributed by atoms with Gasteiger partial charge in [-0.25, -0.2) is 4.98 Å². The van der Waals surface area contributed by atoms with Gasteiger partial charge in [-0.3, -0.25) is 9.36 Å². The van der Waals surface area contributed by atoms with E-state index < -0.39 is 0 Å². The Balaban J connectivity index is 2.03. The summed E-state index contributed by atoms with van der Waals surface area (Å²) in [6.45, 7) is 6.89. The summed E-state index contributed by atoms with van der Waals surface area (Å²) < 4.78 is 4.62. The first-order valence-electron chi connectivity index (χ1n) is 7.23. The number of rotatable bonds is 4. The summed E-state index contributed by atoms with van der Waals surface area (Å²) in [7, 11) is 1.92. The van der Waals surface area contributed by atoms with Crippen molar-refractivity contribution in [3.63, 3.8) is 0 Å². The average molecular weight is 363 g/mol. The summed E-state index contributed by atoms with van der Waals surface area (Å²) in [4.78, 5) is 4.57. The monoisotopic (exact) mass is 362 g/mol. The summed E-state index contributed by atoms with van der Waals surface area (Å²) in [5.74, 6) is 0. The van der Waals surface area contributed by atoms with Crippen LogP contribution in [-0.4, -0.2) is 24.5 Å². The molecule has 0 saturated heterocycles. The SMILES string of the molecule is Cc1nn(C(C)C)c2c(NCc3ccn(C)n3)cc(Br)nc12. The fraction of sp³-hybridized carbons (Fsp3) is 0.400. The van der Waals surface area contributed by atoms with Crippen LogP contribution in [0.4, 0.5) is 5.69 Å². The summed E-state index contributed by atoms with van der Waals surface area (Å²) in [5.41, 5.74) is 4.90. The van der Waals surface area contributed by atoms with Crippen LogP contribution in [0.15, 0.2) is 22.9 Å². The maximum Gasteiger partial charge on any atom is 0.115 e. The Morgan fingerprint density at radius 3 is 2.73 bits per heavy atom. The molecular formula is C15H19BrN6. The van der Waals surface area contributed by atoms with Crippen LogP contribution in [0, 0.1) is 6.92 Å². The van der Waals surface area contributed by atoms with E-state index >= 15 is 0 Å². The lowest BCUT2D eigenvalue weighted by atomic mass is 10.2. The second-order valence-corrected chi connectivity index (χ2v) is 6.46. The smallest absolute Gasteiger partial charge is 0.115 e. The largest absolute Gasteiger partial charge is 0.377 e. The highest BCUT2D eigenvalue weighted by Crippen LogP contribution is 2.30. The Labute approximate surface area is 137 Å². The van der Waals surface area contributed by atoms with Gasteiger partial charge in [0.2, 0.25) is 0 Å². The molecule has 22 heavy (non-hydrogen) atoms. The van der Waals surface area contributed by atoms with Gasteiger partial charge in [-0.1, -0.05) is 0 Å². The Morgan fingerprint density at radius 1 is 1.32 bits per heavy atom. The van der Waals surface area contributed by atoms with Crippen LogP contribution in [0.1, 0.15) is 31.3 Å². The van der Waals surface area contributed by atoms with Gasteiger partial charge < -0.3 is 5.32 Å². The standard InChI is InChI=1S/C15H19BrN6/c1-9(2)22-15-12(17-8-11-5-6-21(4)20-11)7-13(16)18-14(15)10(3)19-22/h5-7,9H,8H2,1-4H3,(H,17,18). The molecule has 0 spiro atoms. The molecule has 1 N–H and O–H groups in total. The predicted octanol–water partition coefficient (Wildman–Crippen LogP) is 3.43. The molecule has 0 radical (unpaired) electrons. The lowest BCUT2D eigenvalue weighted by molar-refractivity contribution is 0.547. The zero-order valence-electron chi connectivity index (χ0n) is 13.1. The molecule has 0 saturated carbocycles. The molecule has 116 valence electrons. The zero-order valence-corrected chi connectivity index (χ0v) is 14.7.